The number of aliphatic carboxylic acids is 1. The molecule has 2 fully saturated rings. The fraction of sp³-hybridized carbons (Fsp3) is 0.875. The van der Waals surface area contributed by atoms with Crippen LogP contribution >= 0.6 is 0 Å². The molecule has 2 aliphatic rings. The van der Waals surface area contributed by atoms with Crippen molar-refractivity contribution >= 4 is 11.9 Å². The molecular weight excluding hydrogens is 268 g/mol. The first-order valence-electron chi connectivity index (χ1n) is 8.37. The topological polar surface area (TPSA) is 69.6 Å². The Morgan fingerprint density at radius 2 is 1.81 bits per heavy atom. The average molecular weight is 296 g/mol. The third-order valence-electron chi connectivity index (χ3n) is 4.80. The van der Waals surface area contributed by atoms with Crippen LogP contribution in [-0.2, 0) is 9.59 Å². The van der Waals surface area contributed by atoms with E-state index in [1.165, 1.54) is 51.5 Å². The van der Waals surface area contributed by atoms with Gasteiger partial charge in [0.1, 0.15) is 0 Å². The van der Waals surface area contributed by atoms with Crippen molar-refractivity contribution in [3.8, 4) is 0 Å². The highest BCUT2D eigenvalue weighted by molar-refractivity contribution is 5.80. The molecule has 1 heterocycles. The highest BCUT2D eigenvalue weighted by Gasteiger charge is 2.26. The number of carboxylic acid groups (broad SMARTS) is 1. The van der Waals surface area contributed by atoms with Gasteiger partial charge in [-0.2, -0.15) is 0 Å². The minimum atomic E-state index is -0.911. The molecule has 0 radical (unpaired) electrons. The maximum atomic E-state index is 11.6. The third-order valence-corrected chi connectivity index (χ3v) is 4.80. The van der Waals surface area contributed by atoms with Crippen molar-refractivity contribution in [2.75, 3.05) is 19.6 Å². The number of hydrogen-bond acceptors (Lipinski definition) is 3. The molecule has 2 rings (SSSR count). The molecule has 5 heteroatoms. The summed E-state index contributed by atoms with van der Waals surface area (Å²) in [6.45, 7) is 2.99. The van der Waals surface area contributed by atoms with Crippen molar-refractivity contribution in [2.24, 2.45) is 5.92 Å². The van der Waals surface area contributed by atoms with Gasteiger partial charge in [0.2, 0.25) is 5.91 Å². The number of carbonyl (C=O) groups excluding carboxylic acids is 1. The average Bonchev–Trinajstić information content (AvgIpc) is 2.52. The molecule has 1 saturated carbocycles. The summed E-state index contributed by atoms with van der Waals surface area (Å²) in [6, 6.07) is 0.754. The van der Waals surface area contributed by atoms with Crippen molar-refractivity contribution in [3.63, 3.8) is 0 Å². The van der Waals surface area contributed by atoms with Gasteiger partial charge in [-0.25, -0.2) is 0 Å². The minimum Gasteiger partial charge on any atom is -0.481 e. The maximum Gasteiger partial charge on any atom is 0.303 e. The Bertz CT molecular complexity index is 353. The minimum absolute atomic E-state index is 0.0787. The number of hydrogen-bond donors (Lipinski definition) is 2. The maximum absolute atomic E-state index is 11.6. The van der Waals surface area contributed by atoms with Crippen LogP contribution in [0.4, 0.5) is 0 Å². The van der Waals surface area contributed by atoms with Crippen LogP contribution in [0.25, 0.3) is 0 Å². The molecule has 120 valence electrons. The molecule has 1 aliphatic carbocycles. The van der Waals surface area contributed by atoms with Crippen molar-refractivity contribution in [1.82, 2.24) is 10.2 Å². The first-order valence-corrected chi connectivity index (χ1v) is 8.37. The highest BCUT2D eigenvalue weighted by atomic mass is 16.4. The smallest absolute Gasteiger partial charge is 0.303 e. The van der Waals surface area contributed by atoms with Crippen molar-refractivity contribution in [3.05, 3.63) is 0 Å². The van der Waals surface area contributed by atoms with Gasteiger partial charge in [0, 0.05) is 25.6 Å². The molecule has 1 unspecified atom stereocenters. The van der Waals surface area contributed by atoms with E-state index in [2.05, 4.69) is 10.2 Å². The van der Waals surface area contributed by atoms with Gasteiger partial charge in [-0.3, -0.25) is 9.59 Å². The number of carboxylic acids is 1. The molecule has 0 aromatic rings. The molecule has 5 nitrogen and oxygen atoms in total. The van der Waals surface area contributed by atoms with E-state index < -0.39 is 5.97 Å². The van der Waals surface area contributed by atoms with E-state index in [0.717, 1.165) is 12.6 Å². The van der Waals surface area contributed by atoms with Crippen LogP contribution < -0.4 is 5.32 Å². The summed E-state index contributed by atoms with van der Waals surface area (Å²) >= 11 is 0. The quantitative estimate of drug-likeness (QED) is 0.786. The van der Waals surface area contributed by atoms with E-state index in [9.17, 15) is 9.59 Å². The standard InChI is InChI=1S/C16H28N2O3/c19-15(8-9-16(20)21)17-11-13-5-4-10-18(12-13)14-6-2-1-3-7-14/h13-14H,1-12H2,(H,17,19)(H,20,21). The van der Waals surface area contributed by atoms with Crippen LogP contribution in [0.15, 0.2) is 0 Å². The second-order valence-electron chi connectivity index (χ2n) is 6.49. The van der Waals surface area contributed by atoms with E-state index in [-0.39, 0.29) is 18.7 Å². The lowest BCUT2D eigenvalue weighted by atomic mass is 9.90. The Hall–Kier alpha value is -1.10. The molecule has 1 saturated heterocycles. The third kappa shape index (κ3) is 5.65. The monoisotopic (exact) mass is 296 g/mol. The van der Waals surface area contributed by atoms with Crippen molar-refractivity contribution < 1.29 is 14.7 Å². The van der Waals surface area contributed by atoms with Gasteiger partial charge in [0.15, 0.2) is 0 Å². The van der Waals surface area contributed by atoms with Gasteiger partial charge in [-0.05, 0) is 38.1 Å². The highest BCUT2D eigenvalue weighted by Crippen LogP contribution is 2.26. The first kappa shape index (κ1) is 16.3. The normalized spacial score (nSPS) is 24.7. The van der Waals surface area contributed by atoms with E-state index >= 15 is 0 Å². The molecule has 21 heavy (non-hydrogen) atoms. The summed E-state index contributed by atoms with van der Waals surface area (Å²) in [6.07, 6.45) is 9.16. The fourth-order valence-electron chi connectivity index (χ4n) is 3.61. The SMILES string of the molecule is O=C(O)CCC(=O)NCC1CCCN(C2CCCCC2)C1. The molecule has 1 atom stereocenters. The molecule has 1 amide bonds. The second kappa shape index (κ2) is 8.37. The molecule has 0 spiro atoms. The van der Waals surface area contributed by atoms with Gasteiger partial charge < -0.3 is 15.3 Å². The van der Waals surface area contributed by atoms with Crippen LogP contribution in [0.5, 0.6) is 0 Å². The van der Waals surface area contributed by atoms with E-state index in [4.69, 9.17) is 5.11 Å². The van der Waals surface area contributed by atoms with Crippen LogP contribution in [0.1, 0.15) is 57.8 Å². The van der Waals surface area contributed by atoms with E-state index in [1.54, 1.807) is 0 Å². The first-order chi connectivity index (χ1) is 10.1. The Morgan fingerprint density at radius 1 is 1.05 bits per heavy atom. The lowest BCUT2D eigenvalue weighted by Crippen LogP contribution is -2.46. The van der Waals surface area contributed by atoms with Crippen molar-refractivity contribution in [2.45, 2.75) is 63.8 Å². The van der Waals surface area contributed by atoms with Crippen LogP contribution in [-0.4, -0.2) is 47.6 Å². The summed E-state index contributed by atoms with van der Waals surface area (Å²) < 4.78 is 0. The molecule has 2 N–H and O–H groups in total. The number of piperidine rings is 1. The zero-order valence-electron chi connectivity index (χ0n) is 12.9. The molecular formula is C16H28N2O3. The lowest BCUT2D eigenvalue weighted by molar-refractivity contribution is -0.138. The Morgan fingerprint density at radius 3 is 2.52 bits per heavy atom. The molecule has 1 aliphatic heterocycles. The number of likely N-dealkylation sites (tertiary alicyclic amines) is 1. The predicted molar refractivity (Wildman–Crippen MR) is 81.0 cm³/mol. The molecule has 0 aromatic heterocycles. The van der Waals surface area contributed by atoms with E-state index in [0.29, 0.717) is 12.5 Å². The largest absolute Gasteiger partial charge is 0.481 e. The zero-order chi connectivity index (χ0) is 15.1. The van der Waals surface area contributed by atoms with Gasteiger partial charge in [-0.1, -0.05) is 19.3 Å². The van der Waals surface area contributed by atoms with Gasteiger partial charge in [-0.15, -0.1) is 0 Å². The summed E-state index contributed by atoms with van der Waals surface area (Å²) in [5.74, 6) is -0.520. The van der Waals surface area contributed by atoms with Crippen LogP contribution in [0.3, 0.4) is 0 Å². The fourth-order valence-corrected chi connectivity index (χ4v) is 3.61. The Balaban J connectivity index is 1.68. The van der Waals surface area contributed by atoms with Crippen LogP contribution in [0, 0.1) is 5.92 Å². The predicted octanol–water partition coefficient (Wildman–Crippen LogP) is 2.01. The number of nitrogens with zero attached hydrogens (tertiary/aromatic N) is 1. The Labute approximate surface area is 127 Å². The summed E-state index contributed by atoms with van der Waals surface area (Å²) in [4.78, 5) is 24.6. The summed E-state index contributed by atoms with van der Waals surface area (Å²) in [5.41, 5.74) is 0. The van der Waals surface area contributed by atoms with Crippen molar-refractivity contribution in [1.29, 1.82) is 0 Å². The van der Waals surface area contributed by atoms with Gasteiger partial charge >= 0.3 is 5.97 Å². The van der Waals surface area contributed by atoms with E-state index in [1.807, 2.05) is 0 Å². The zero-order valence-corrected chi connectivity index (χ0v) is 12.9. The van der Waals surface area contributed by atoms with Gasteiger partial charge in [0.25, 0.3) is 0 Å². The van der Waals surface area contributed by atoms with Crippen LogP contribution in [0.2, 0.25) is 0 Å². The molecule has 0 aromatic carbocycles. The second-order valence-corrected chi connectivity index (χ2v) is 6.49. The number of amides is 1. The Kier molecular flexibility index (Phi) is 6.49. The molecule has 0 bridgehead atoms. The number of carbonyl (C=O) groups is 2. The summed E-state index contributed by atoms with van der Waals surface area (Å²) in [5, 5.41) is 11.5. The number of nitrogens with one attached hydrogen (secondary N) is 1. The van der Waals surface area contributed by atoms with Gasteiger partial charge in [0.05, 0.1) is 6.42 Å². The summed E-state index contributed by atoms with van der Waals surface area (Å²) in [7, 11) is 0. The lowest BCUT2D eigenvalue weighted by Gasteiger charge is -2.40. The number of rotatable bonds is 6.